The summed E-state index contributed by atoms with van der Waals surface area (Å²) >= 11 is 1.65. The molecule has 13 heavy (non-hydrogen) atoms. The molecule has 0 saturated heterocycles. The average Bonchev–Trinajstić information content (AvgIpc) is 2.16. The number of aromatic nitrogens is 1. The smallest absolute Gasteiger partial charge is 0.100 e. The van der Waals surface area contributed by atoms with Crippen molar-refractivity contribution in [1.29, 1.82) is 0 Å². The number of rotatable bonds is 3. The largest absolute Gasteiger partial charge is 0.324 e. The van der Waals surface area contributed by atoms with Crippen LogP contribution in [-0.4, -0.2) is 11.2 Å². The Labute approximate surface area is 83.9 Å². The third-order valence-electron chi connectivity index (χ3n) is 2.07. The Hall–Kier alpha value is -0.540. The normalized spacial score (nSPS) is 13.3. The number of hydrogen-bond donors (Lipinski definition) is 1. The number of thioether (sulfide) groups is 1. The molecule has 1 rings (SSSR count). The van der Waals surface area contributed by atoms with Crippen molar-refractivity contribution in [1.82, 2.24) is 4.98 Å². The molecule has 1 aromatic rings. The summed E-state index contributed by atoms with van der Waals surface area (Å²) in [4.78, 5) is 4.28. The Balaban J connectivity index is 2.98. The Morgan fingerprint density at radius 2 is 2.15 bits per heavy atom. The minimum atomic E-state index is 0.0937. The summed E-state index contributed by atoms with van der Waals surface area (Å²) < 4.78 is 0. The van der Waals surface area contributed by atoms with Gasteiger partial charge in [0.25, 0.3) is 0 Å². The lowest BCUT2D eigenvalue weighted by atomic mass is 9.99. The van der Waals surface area contributed by atoms with Gasteiger partial charge in [-0.15, -0.1) is 11.8 Å². The fourth-order valence-corrected chi connectivity index (χ4v) is 1.79. The van der Waals surface area contributed by atoms with Gasteiger partial charge >= 0.3 is 0 Å². The molecule has 1 heterocycles. The Kier molecular flexibility index (Phi) is 3.75. The van der Waals surface area contributed by atoms with Gasteiger partial charge < -0.3 is 5.73 Å². The third-order valence-corrected chi connectivity index (χ3v) is 2.80. The van der Waals surface area contributed by atoms with Gasteiger partial charge in [0.2, 0.25) is 0 Å². The molecule has 72 valence electrons. The molecule has 0 spiro atoms. The highest BCUT2D eigenvalue weighted by molar-refractivity contribution is 7.98. The van der Waals surface area contributed by atoms with Crippen LogP contribution in [0.15, 0.2) is 23.4 Å². The molecular formula is C10H16N2S. The molecule has 0 radical (unpaired) electrons. The summed E-state index contributed by atoms with van der Waals surface area (Å²) in [6, 6.07) is 4.09. The van der Waals surface area contributed by atoms with Crippen LogP contribution in [0.3, 0.4) is 0 Å². The second-order valence-electron chi connectivity index (χ2n) is 3.37. The zero-order valence-electron chi connectivity index (χ0n) is 8.32. The first-order chi connectivity index (χ1) is 6.16. The SMILES string of the molecule is CSc1ncccc1C(N)C(C)C. The van der Waals surface area contributed by atoms with Gasteiger partial charge in [0.05, 0.1) is 0 Å². The first kappa shape index (κ1) is 10.5. The lowest BCUT2D eigenvalue weighted by molar-refractivity contribution is 0.505. The molecule has 1 unspecified atom stereocenters. The molecule has 0 amide bonds. The molecule has 2 nitrogen and oxygen atoms in total. The molecule has 1 atom stereocenters. The number of nitrogens with two attached hydrogens (primary N) is 1. The van der Waals surface area contributed by atoms with Crippen molar-refractivity contribution in [2.24, 2.45) is 11.7 Å². The molecule has 0 fully saturated rings. The summed E-state index contributed by atoms with van der Waals surface area (Å²) in [5, 5.41) is 1.05. The molecule has 0 bridgehead atoms. The summed E-state index contributed by atoms with van der Waals surface area (Å²) in [7, 11) is 0. The first-order valence-electron chi connectivity index (χ1n) is 4.41. The predicted octanol–water partition coefficient (Wildman–Crippen LogP) is 2.46. The van der Waals surface area contributed by atoms with Gasteiger partial charge in [-0.1, -0.05) is 19.9 Å². The van der Waals surface area contributed by atoms with Crippen molar-refractivity contribution in [2.45, 2.75) is 24.9 Å². The maximum absolute atomic E-state index is 6.06. The molecule has 0 aliphatic carbocycles. The lowest BCUT2D eigenvalue weighted by Crippen LogP contribution is -2.17. The molecule has 0 saturated carbocycles. The zero-order chi connectivity index (χ0) is 9.84. The van der Waals surface area contributed by atoms with Crippen molar-refractivity contribution in [3.8, 4) is 0 Å². The van der Waals surface area contributed by atoms with Crippen LogP contribution in [0.5, 0.6) is 0 Å². The van der Waals surface area contributed by atoms with E-state index in [1.165, 1.54) is 0 Å². The molecule has 0 aliphatic rings. The quantitative estimate of drug-likeness (QED) is 0.755. The van der Waals surface area contributed by atoms with E-state index in [9.17, 15) is 0 Å². The Morgan fingerprint density at radius 3 is 2.69 bits per heavy atom. The topological polar surface area (TPSA) is 38.9 Å². The summed E-state index contributed by atoms with van der Waals surface area (Å²) in [5.41, 5.74) is 7.22. The van der Waals surface area contributed by atoms with Crippen LogP contribution in [-0.2, 0) is 0 Å². The molecule has 1 aromatic heterocycles. The van der Waals surface area contributed by atoms with Gasteiger partial charge in [0, 0.05) is 17.8 Å². The number of hydrogen-bond acceptors (Lipinski definition) is 3. The molecule has 0 aromatic carbocycles. The molecular weight excluding hydrogens is 180 g/mol. The second kappa shape index (κ2) is 4.63. The van der Waals surface area contributed by atoms with Gasteiger partial charge in [-0.2, -0.15) is 0 Å². The Bertz CT molecular complexity index is 273. The maximum atomic E-state index is 6.06. The zero-order valence-corrected chi connectivity index (χ0v) is 9.14. The monoisotopic (exact) mass is 196 g/mol. The van der Waals surface area contributed by atoms with Crippen LogP contribution < -0.4 is 5.73 Å². The van der Waals surface area contributed by atoms with Crippen molar-refractivity contribution in [3.05, 3.63) is 23.9 Å². The highest BCUT2D eigenvalue weighted by Crippen LogP contribution is 2.26. The highest BCUT2D eigenvalue weighted by atomic mass is 32.2. The van der Waals surface area contributed by atoms with E-state index < -0.39 is 0 Å². The van der Waals surface area contributed by atoms with Crippen molar-refractivity contribution in [3.63, 3.8) is 0 Å². The van der Waals surface area contributed by atoms with Gasteiger partial charge in [-0.3, -0.25) is 0 Å². The minimum absolute atomic E-state index is 0.0937. The second-order valence-corrected chi connectivity index (χ2v) is 4.17. The average molecular weight is 196 g/mol. The van der Waals surface area contributed by atoms with E-state index in [0.29, 0.717) is 5.92 Å². The van der Waals surface area contributed by atoms with Gasteiger partial charge in [0.15, 0.2) is 0 Å². The van der Waals surface area contributed by atoms with Crippen LogP contribution in [0, 0.1) is 5.92 Å². The highest BCUT2D eigenvalue weighted by Gasteiger charge is 2.14. The summed E-state index contributed by atoms with van der Waals surface area (Å²) in [6.07, 6.45) is 3.83. The lowest BCUT2D eigenvalue weighted by Gasteiger charge is -2.17. The van der Waals surface area contributed by atoms with Crippen LogP contribution in [0.4, 0.5) is 0 Å². The predicted molar refractivity (Wildman–Crippen MR) is 57.8 cm³/mol. The minimum Gasteiger partial charge on any atom is -0.324 e. The van der Waals surface area contributed by atoms with Gasteiger partial charge in [0.1, 0.15) is 5.03 Å². The van der Waals surface area contributed by atoms with Crippen molar-refractivity contribution < 1.29 is 0 Å². The molecule has 0 aliphatic heterocycles. The first-order valence-corrected chi connectivity index (χ1v) is 5.63. The van der Waals surface area contributed by atoms with E-state index in [1.807, 2.05) is 18.5 Å². The fraction of sp³-hybridized carbons (Fsp3) is 0.500. The van der Waals surface area contributed by atoms with E-state index in [1.54, 1.807) is 11.8 Å². The molecule has 2 N–H and O–H groups in total. The van der Waals surface area contributed by atoms with E-state index >= 15 is 0 Å². The van der Waals surface area contributed by atoms with Crippen molar-refractivity contribution >= 4 is 11.8 Å². The maximum Gasteiger partial charge on any atom is 0.100 e. The number of pyridine rings is 1. The van der Waals surface area contributed by atoms with E-state index in [4.69, 9.17) is 5.73 Å². The number of nitrogens with zero attached hydrogens (tertiary/aromatic N) is 1. The van der Waals surface area contributed by atoms with Gasteiger partial charge in [-0.05, 0) is 18.2 Å². The van der Waals surface area contributed by atoms with E-state index in [-0.39, 0.29) is 6.04 Å². The van der Waals surface area contributed by atoms with Crippen LogP contribution in [0.25, 0.3) is 0 Å². The summed E-state index contributed by atoms with van der Waals surface area (Å²) in [6.45, 7) is 4.25. The van der Waals surface area contributed by atoms with Gasteiger partial charge in [-0.25, -0.2) is 4.98 Å². The van der Waals surface area contributed by atoms with Crippen LogP contribution in [0.1, 0.15) is 25.5 Å². The van der Waals surface area contributed by atoms with Crippen LogP contribution in [0.2, 0.25) is 0 Å². The van der Waals surface area contributed by atoms with E-state index in [0.717, 1.165) is 10.6 Å². The van der Waals surface area contributed by atoms with Crippen molar-refractivity contribution in [2.75, 3.05) is 6.26 Å². The summed E-state index contributed by atoms with van der Waals surface area (Å²) in [5.74, 6) is 0.454. The van der Waals surface area contributed by atoms with Crippen LogP contribution >= 0.6 is 11.8 Å². The Morgan fingerprint density at radius 1 is 1.46 bits per heavy atom. The molecule has 3 heteroatoms. The standard InChI is InChI=1S/C10H16N2S/c1-7(2)9(11)8-5-4-6-12-10(8)13-3/h4-7,9H,11H2,1-3H3. The third kappa shape index (κ3) is 2.45. The fourth-order valence-electron chi connectivity index (χ4n) is 1.19. The van der Waals surface area contributed by atoms with E-state index in [2.05, 4.69) is 24.9 Å².